The summed E-state index contributed by atoms with van der Waals surface area (Å²) in [5.74, 6) is -0.684. The lowest BCUT2D eigenvalue weighted by Gasteiger charge is -2.17. The molecule has 0 aromatic heterocycles. The van der Waals surface area contributed by atoms with E-state index in [0.29, 0.717) is 5.56 Å². The van der Waals surface area contributed by atoms with E-state index in [1.165, 1.54) is 12.1 Å². The van der Waals surface area contributed by atoms with E-state index in [9.17, 15) is 9.18 Å². The number of benzene rings is 1. The van der Waals surface area contributed by atoms with Gasteiger partial charge in [-0.3, -0.25) is 4.79 Å². The van der Waals surface area contributed by atoms with Crippen LogP contribution in [-0.2, 0) is 0 Å². The van der Waals surface area contributed by atoms with Crippen molar-refractivity contribution in [1.82, 2.24) is 10.2 Å². The molecule has 1 amide bonds. The number of hydrogen-bond donors (Lipinski definition) is 1. The molecule has 1 rings (SSSR count). The quantitative estimate of drug-likeness (QED) is 0.905. The molecule has 0 aliphatic rings. The van der Waals surface area contributed by atoms with Crippen LogP contribution in [0.1, 0.15) is 23.7 Å². The minimum absolute atomic E-state index is 0.0510. The molecule has 0 saturated heterocycles. The smallest absolute Gasteiger partial charge is 0.252 e. The number of hydrogen-bond acceptors (Lipinski definition) is 2. The van der Waals surface area contributed by atoms with Gasteiger partial charge in [-0.15, -0.1) is 0 Å². The predicted molar refractivity (Wildman–Crippen MR) is 74.2 cm³/mol. The number of carbonyl (C=O) groups excluding carboxylic acids is 1. The van der Waals surface area contributed by atoms with E-state index in [-0.39, 0.29) is 16.4 Å². The Balaban J connectivity index is 2.62. The van der Waals surface area contributed by atoms with Gasteiger partial charge in [0.05, 0.1) is 10.0 Å². The standard InChI is InChI=1S/C13H18BrFN2O/c1-9(7-8-17(2)3)16-13(18)10-5-4-6-11(15)12(10)14/h4-6,9H,7-8H2,1-3H3,(H,16,18). The van der Waals surface area contributed by atoms with Crippen molar-refractivity contribution in [2.45, 2.75) is 19.4 Å². The van der Waals surface area contributed by atoms with Crippen LogP contribution in [0.15, 0.2) is 22.7 Å². The fourth-order valence-electron chi connectivity index (χ4n) is 1.50. The van der Waals surface area contributed by atoms with Gasteiger partial charge in [-0.2, -0.15) is 0 Å². The number of rotatable bonds is 5. The highest BCUT2D eigenvalue weighted by atomic mass is 79.9. The minimum atomic E-state index is -0.427. The lowest BCUT2D eigenvalue weighted by atomic mass is 10.1. The van der Waals surface area contributed by atoms with Gasteiger partial charge < -0.3 is 10.2 Å². The van der Waals surface area contributed by atoms with E-state index in [4.69, 9.17) is 0 Å². The van der Waals surface area contributed by atoms with Crippen LogP contribution in [0.3, 0.4) is 0 Å². The van der Waals surface area contributed by atoms with Crippen LogP contribution in [0, 0.1) is 5.82 Å². The highest BCUT2D eigenvalue weighted by Crippen LogP contribution is 2.20. The molecule has 0 heterocycles. The van der Waals surface area contributed by atoms with Gasteiger partial charge >= 0.3 is 0 Å². The van der Waals surface area contributed by atoms with Crippen LogP contribution in [0.4, 0.5) is 4.39 Å². The Bertz CT molecular complexity index is 423. The van der Waals surface area contributed by atoms with E-state index >= 15 is 0 Å². The van der Waals surface area contributed by atoms with Gasteiger partial charge in [0, 0.05) is 6.04 Å². The van der Waals surface area contributed by atoms with Crippen LogP contribution in [-0.4, -0.2) is 37.5 Å². The van der Waals surface area contributed by atoms with Gasteiger partial charge in [-0.25, -0.2) is 4.39 Å². The van der Waals surface area contributed by atoms with Gasteiger partial charge in [-0.05, 0) is 62.0 Å². The molecule has 1 unspecified atom stereocenters. The van der Waals surface area contributed by atoms with E-state index in [1.54, 1.807) is 6.07 Å². The first kappa shape index (κ1) is 15.1. The fourth-order valence-corrected chi connectivity index (χ4v) is 1.95. The second kappa shape index (κ2) is 6.85. The molecule has 0 saturated carbocycles. The molecule has 0 spiro atoms. The molecule has 3 nitrogen and oxygen atoms in total. The first-order valence-electron chi connectivity index (χ1n) is 5.81. The topological polar surface area (TPSA) is 32.3 Å². The van der Waals surface area contributed by atoms with Crippen molar-refractivity contribution in [3.05, 3.63) is 34.1 Å². The molecule has 1 aromatic carbocycles. The Morgan fingerprint density at radius 3 is 2.78 bits per heavy atom. The van der Waals surface area contributed by atoms with E-state index in [2.05, 4.69) is 26.1 Å². The Labute approximate surface area is 115 Å². The molecule has 0 aliphatic heterocycles. The minimum Gasteiger partial charge on any atom is -0.350 e. The van der Waals surface area contributed by atoms with Crippen LogP contribution >= 0.6 is 15.9 Å². The van der Waals surface area contributed by atoms with Crippen LogP contribution < -0.4 is 5.32 Å². The van der Waals surface area contributed by atoms with Crippen molar-refractivity contribution < 1.29 is 9.18 Å². The van der Waals surface area contributed by atoms with Gasteiger partial charge in [0.1, 0.15) is 5.82 Å². The molecule has 1 atom stereocenters. The molecule has 0 aliphatic carbocycles. The van der Waals surface area contributed by atoms with E-state index in [1.807, 2.05) is 21.0 Å². The van der Waals surface area contributed by atoms with Crippen molar-refractivity contribution in [2.24, 2.45) is 0 Å². The zero-order chi connectivity index (χ0) is 13.7. The summed E-state index contributed by atoms with van der Waals surface area (Å²) in [6, 6.07) is 4.49. The number of nitrogens with zero attached hydrogens (tertiary/aromatic N) is 1. The third kappa shape index (κ3) is 4.38. The maximum atomic E-state index is 13.3. The van der Waals surface area contributed by atoms with Crippen molar-refractivity contribution >= 4 is 21.8 Å². The van der Waals surface area contributed by atoms with Gasteiger partial charge in [-0.1, -0.05) is 6.07 Å². The molecule has 1 aromatic rings. The average Bonchev–Trinajstić information content (AvgIpc) is 2.30. The second-order valence-corrected chi connectivity index (χ2v) is 5.36. The summed E-state index contributed by atoms with van der Waals surface area (Å²) in [5, 5.41) is 2.86. The summed E-state index contributed by atoms with van der Waals surface area (Å²) < 4.78 is 13.5. The van der Waals surface area contributed by atoms with Crippen LogP contribution in [0.5, 0.6) is 0 Å². The van der Waals surface area contributed by atoms with Gasteiger partial charge in [0.25, 0.3) is 5.91 Å². The van der Waals surface area contributed by atoms with Crippen molar-refractivity contribution in [3.63, 3.8) is 0 Å². The third-order valence-electron chi connectivity index (χ3n) is 2.58. The fraction of sp³-hybridized carbons (Fsp3) is 0.462. The molecule has 0 radical (unpaired) electrons. The second-order valence-electron chi connectivity index (χ2n) is 4.57. The Morgan fingerprint density at radius 2 is 2.17 bits per heavy atom. The molecular formula is C13H18BrFN2O. The summed E-state index contributed by atoms with van der Waals surface area (Å²) in [4.78, 5) is 14.0. The largest absolute Gasteiger partial charge is 0.350 e. The number of nitrogens with one attached hydrogen (secondary N) is 1. The normalized spacial score (nSPS) is 12.6. The predicted octanol–water partition coefficient (Wildman–Crippen LogP) is 2.66. The SMILES string of the molecule is CC(CCN(C)C)NC(=O)c1cccc(F)c1Br. The molecule has 1 N–H and O–H groups in total. The van der Waals surface area contributed by atoms with Crippen molar-refractivity contribution in [2.75, 3.05) is 20.6 Å². The summed E-state index contributed by atoms with van der Waals surface area (Å²) in [6.45, 7) is 2.83. The van der Waals surface area contributed by atoms with Gasteiger partial charge in [0.2, 0.25) is 0 Å². The van der Waals surface area contributed by atoms with E-state index in [0.717, 1.165) is 13.0 Å². The van der Waals surface area contributed by atoms with Crippen molar-refractivity contribution in [3.8, 4) is 0 Å². The van der Waals surface area contributed by atoms with E-state index < -0.39 is 5.82 Å². The first-order valence-corrected chi connectivity index (χ1v) is 6.60. The number of amides is 1. The number of halogens is 2. The Morgan fingerprint density at radius 1 is 1.50 bits per heavy atom. The highest BCUT2D eigenvalue weighted by molar-refractivity contribution is 9.10. The molecule has 0 bridgehead atoms. The third-order valence-corrected chi connectivity index (χ3v) is 3.39. The maximum absolute atomic E-state index is 13.3. The lowest BCUT2D eigenvalue weighted by Crippen LogP contribution is -2.35. The first-order chi connectivity index (χ1) is 8.41. The number of carbonyl (C=O) groups is 1. The summed E-state index contributed by atoms with van der Waals surface area (Å²) in [7, 11) is 3.97. The Kier molecular flexibility index (Phi) is 5.75. The van der Waals surface area contributed by atoms with Crippen molar-refractivity contribution in [1.29, 1.82) is 0 Å². The van der Waals surface area contributed by atoms with Crippen LogP contribution in [0.2, 0.25) is 0 Å². The zero-order valence-corrected chi connectivity index (χ0v) is 12.4. The Hall–Kier alpha value is -0.940. The summed E-state index contributed by atoms with van der Waals surface area (Å²) in [6.07, 6.45) is 0.853. The molecule has 18 heavy (non-hydrogen) atoms. The highest BCUT2D eigenvalue weighted by Gasteiger charge is 2.14. The molecule has 100 valence electrons. The summed E-state index contributed by atoms with van der Waals surface area (Å²) in [5.41, 5.74) is 0.326. The summed E-state index contributed by atoms with van der Waals surface area (Å²) >= 11 is 3.09. The maximum Gasteiger partial charge on any atom is 0.252 e. The average molecular weight is 317 g/mol. The monoisotopic (exact) mass is 316 g/mol. The molecular weight excluding hydrogens is 299 g/mol. The molecule has 0 fully saturated rings. The van der Waals surface area contributed by atoms with Gasteiger partial charge in [0.15, 0.2) is 0 Å². The molecule has 5 heteroatoms. The zero-order valence-electron chi connectivity index (χ0n) is 10.8. The van der Waals surface area contributed by atoms with Crippen LogP contribution in [0.25, 0.3) is 0 Å². The lowest BCUT2D eigenvalue weighted by molar-refractivity contribution is 0.0935.